The van der Waals surface area contributed by atoms with Crippen molar-refractivity contribution >= 4 is 0 Å². The maximum absolute atomic E-state index is 14.2. The Morgan fingerprint density at radius 2 is 1.58 bits per heavy atom. The Morgan fingerprint density at radius 3 is 2.16 bits per heavy atom. The molecule has 0 saturated heterocycles. The van der Waals surface area contributed by atoms with Gasteiger partial charge in [-0.2, -0.15) is 0 Å². The zero-order chi connectivity index (χ0) is 13.7. The van der Waals surface area contributed by atoms with E-state index < -0.39 is 5.60 Å². The molecule has 1 unspecified atom stereocenters. The summed E-state index contributed by atoms with van der Waals surface area (Å²) in [5, 5.41) is 0. The van der Waals surface area contributed by atoms with Gasteiger partial charge in [-0.25, -0.2) is 4.39 Å². The number of hydrogen-bond donors (Lipinski definition) is 0. The summed E-state index contributed by atoms with van der Waals surface area (Å²) in [7, 11) is 0. The second kappa shape index (κ2) is 5.98. The Labute approximate surface area is 114 Å². The predicted molar refractivity (Wildman–Crippen MR) is 75.5 cm³/mol. The second-order valence-corrected chi connectivity index (χ2v) is 4.46. The number of ether oxygens (including phenoxy) is 1. The highest BCUT2D eigenvalue weighted by Gasteiger charge is 2.35. The molecule has 19 heavy (non-hydrogen) atoms. The zero-order valence-corrected chi connectivity index (χ0v) is 11.4. The lowest BCUT2D eigenvalue weighted by Crippen LogP contribution is -2.31. The van der Waals surface area contributed by atoms with Crippen molar-refractivity contribution in [3.63, 3.8) is 0 Å². The van der Waals surface area contributed by atoms with Crippen LogP contribution in [0, 0.1) is 5.82 Å². The first kappa shape index (κ1) is 13.8. The van der Waals surface area contributed by atoms with Gasteiger partial charge in [0, 0.05) is 12.2 Å². The molecule has 0 N–H and O–H groups in total. The van der Waals surface area contributed by atoms with Crippen LogP contribution in [0.4, 0.5) is 4.39 Å². The summed E-state index contributed by atoms with van der Waals surface area (Å²) in [6.45, 7) is 4.50. The fourth-order valence-corrected chi connectivity index (χ4v) is 2.56. The molecule has 0 aliphatic carbocycles. The Balaban J connectivity index is 2.61. The molecule has 0 saturated carbocycles. The molecule has 2 aromatic rings. The summed E-state index contributed by atoms with van der Waals surface area (Å²) in [6.07, 6.45) is 0.686. The average molecular weight is 258 g/mol. The van der Waals surface area contributed by atoms with E-state index >= 15 is 0 Å². The first-order valence-electron chi connectivity index (χ1n) is 6.69. The van der Waals surface area contributed by atoms with Crippen molar-refractivity contribution in [1.29, 1.82) is 0 Å². The number of benzene rings is 2. The van der Waals surface area contributed by atoms with E-state index in [1.165, 1.54) is 6.07 Å². The van der Waals surface area contributed by atoms with Crippen molar-refractivity contribution in [1.82, 2.24) is 0 Å². The van der Waals surface area contributed by atoms with Gasteiger partial charge < -0.3 is 4.74 Å². The summed E-state index contributed by atoms with van der Waals surface area (Å²) in [5.74, 6) is -0.221. The van der Waals surface area contributed by atoms with Crippen LogP contribution >= 0.6 is 0 Å². The second-order valence-electron chi connectivity index (χ2n) is 4.46. The quantitative estimate of drug-likeness (QED) is 0.766. The highest BCUT2D eigenvalue weighted by atomic mass is 19.1. The van der Waals surface area contributed by atoms with Crippen LogP contribution in [-0.2, 0) is 10.3 Å². The van der Waals surface area contributed by atoms with E-state index in [2.05, 4.69) is 0 Å². The first-order valence-corrected chi connectivity index (χ1v) is 6.69. The lowest BCUT2D eigenvalue weighted by atomic mass is 9.83. The normalized spacial score (nSPS) is 14.1. The molecule has 2 aromatic carbocycles. The molecule has 0 fully saturated rings. The molecule has 0 aromatic heterocycles. The van der Waals surface area contributed by atoms with E-state index in [0.29, 0.717) is 18.6 Å². The smallest absolute Gasteiger partial charge is 0.129 e. The lowest BCUT2D eigenvalue weighted by Gasteiger charge is -2.34. The lowest BCUT2D eigenvalue weighted by molar-refractivity contribution is -0.0165. The number of rotatable bonds is 5. The van der Waals surface area contributed by atoms with Crippen LogP contribution < -0.4 is 0 Å². The summed E-state index contributed by atoms with van der Waals surface area (Å²) < 4.78 is 20.2. The fraction of sp³-hybridized carbons (Fsp3) is 0.294. The van der Waals surface area contributed by atoms with Crippen molar-refractivity contribution in [3.8, 4) is 0 Å². The molecule has 0 aliphatic heterocycles. The molecule has 2 heteroatoms. The van der Waals surface area contributed by atoms with E-state index in [1.807, 2.05) is 56.3 Å². The molecule has 0 bridgehead atoms. The molecule has 0 amide bonds. The van der Waals surface area contributed by atoms with Crippen LogP contribution in [0.5, 0.6) is 0 Å². The standard InChI is InChI=1S/C17H19FO/c1-3-17(19-4-2,14-10-6-5-7-11-14)15-12-8-9-13-16(15)18/h5-13H,3-4H2,1-2H3. The van der Waals surface area contributed by atoms with Gasteiger partial charge in [-0.3, -0.25) is 0 Å². The minimum Gasteiger partial charge on any atom is -0.366 e. The monoisotopic (exact) mass is 258 g/mol. The van der Waals surface area contributed by atoms with Crippen molar-refractivity contribution in [2.24, 2.45) is 0 Å². The van der Waals surface area contributed by atoms with Crippen LogP contribution in [0.2, 0.25) is 0 Å². The van der Waals surface area contributed by atoms with Crippen LogP contribution in [0.15, 0.2) is 54.6 Å². The van der Waals surface area contributed by atoms with Crippen LogP contribution in [0.3, 0.4) is 0 Å². The van der Waals surface area contributed by atoms with Gasteiger partial charge in [0.25, 0.3) is 0 Å². The topological polar surface area (TPSA) is 9.23 Å². The summed E-state index contributed by atoms with van der Waals surface area (Å²) in [4.78, 5) is 0. The Hall–Kier alpha value is -1.67. The van der Waals surface area contributed by atoms with Gasteiger partial charge in [-0.05, 0) is 25.0 Å². The third kappa shape index (κ3) is 2.54. The fourth-order valence-electron chi connectivity index (χ4n) is 2.56. The molecule has 1 nitrogen and oxygen atoms in total. The van der Waals surface area contributed by atoms with E-state index in [1.54, 1.807) is 6.07 Å². The van der Waals surface area contributed by atoms with E-state index in [-0.39, 0.29) is 5.82 Å². The van der Waals surface area contributed by atoms with Gasteiger partial charge in [0.15, 0.2) is 0 Å². The third-order valence-electron chi connectivity index (χ3n) is 3.44. The number of halogens is 1. The van der Waals surface area contributed by atoms with Gasteiger partial charge >= 0.3 is 0 Å². The average Bonchev–Trinajstić information content (AvgIpc) is 2.47. The van der Waals surface area contributed by atoms with Crippen molar-refractivity contribution < 1.29 is 9.13 Å². The van der Waals surface area contributed by atoms with E-state index in [9.17, 15) is 4.39 Å². The van der Waals surface area contributed by atoms with Crippen molar-refractivity contribution in [2.45, 2.75) is 25.9 Å². The highest BCUT2D eigenvalue weighted by molar-refractivity contribution is 5.37. The van der Waals surface area contributed by atoms with Gasteiger partial charge in [0.2, 0.25) is 0 Å². The molecule has 0 spiro atoms. The van der Waals surface area contributed by atoms with Crippen molar-refractivity contribution in [3.05, 3.63) is 71.5 Å². The van der Waals surface area contributed by atoms with E-state index in [4.69, 9.17) is 4.74 Å². The van der Waals surface area contributed by atoms with Crippen molar-refractivity contribution in [2.75, 3.05) is 6.61 Å². The molecule has 100 valence electrons. The van der Waals surface area contributed by atoms with Crippen LogP contribution in [0.25, 0.3) is 0 Å². The molecule has 0 heterocycles. The molecular weight excluding hydrogens is 239 g/mol. The summed E-state index contributed by atoms with van der Waals surface area (Å²) in [6, 6.07) is 16.7. The van der Waals surface area contributed by atoms with Gasteiger partial charge in [-0.1, -0.05) is 55.5 Å². The Morgan fingerprint density at radius 1 is 0.947 bits per heavy atom. The maximum Gasteiger partial charge on any atom is 0.129 e. The predicted octanol–water partition coefficient (Wildman–Crippen LogP) is 4.52. The maximum atomic E-state index is 14.2. The van der Waals surface area contributed by atoms with E-state index in [0.717, 1.165) is 5.56 Å². The van der Waals surface area contributed by atoms with Crippen LogP contribution in [-0.4, -0.2) is 6.61 Å². The molecule has 2 rings (SSSR count). The Bertz CT molecular complexity index is 524. The van der Waals surface area contributed by atoms with Gasteiger partial charge in [0.1, 0.15) is 11.4 Å². The highest BCUT2D eigenvalue weighted by Crippen LogP contribution is 2.38. The minimum atomic E-state index is -0.707. The Kier molecular flexibility index (Phi) is 4.33. The SMILES string of the molecule is CCOC(CC)(c1ccccc1)c1ccccc1F. The summed E-state index contributed by atoms with van der Waals surface area (Å²) >= 11 is 0. The zero-order valence-electron chi connectivity index (χ0n) is 11.4. The van der Waals surface area contributed by atoms with Gasteiger partial charge in [0.05, 0.1) is 0 Å². The van der Waals surface area contributed by atoms with Crippen LogP contribution in [0.1, 0.15) is 31.4 Å². The summed E-state index contributed by atoms with van der Waals surface area (Å²) in [5.41, 5.74) is 0.886. The molecular formula is C17H19FO. The first-order chi connectivity index (χ1) is 9.24. The number of hydrogen-bond acceptors (Lipinski definition) is 1. The largest absolute Gasteiger partial charge is 0.366 e. The molecule has 0 aliphatic rings. The third-order valence-corrected chi connectivity index (χ3v) is 3.44. The minimum absolute atomic E-state index is 0.221. The van der Waals surface area contributed by atoms with Gasteiger partial charge in [-0.15, -0.1) is 0 Å². The molecule has 1 atom stereocenters. The molecule has 0 radical (unpaired) electrons.